The molecule has 0 aromatic carbocycles. The van der Waals surface area contributed by atoms with Crippen molar-refractivity contribution in [3.63, 3.8) is 0 Å². The minimum absolute atomic E-state index is 0.167. The van der Waals surface area contributed by atoms with E-state index in [9.17, 15) is 5.11 Å². The van der Waals surface area contributed by atoms with E-state index in [2.05, 4.69) is 44.8 Å². The van der Waals surface area contributed by atoms with Crippen LogP contribution >= 0.6 is 0 Å². The van der Waals surface area contributed by atoms with Crippen LogP contribution in [-0.2, 0) is 0 Å². The second-order valence-electron chi connectivity index (χ2n) is 4.97. The molecule has 0 amide bonds. The van der Waals surface area contributed by atoms with Gasteiger partial charge in [-0.1, -0.05) is 20.3 Å². The molecular weight excluding hydrogens is 200 g/mol. The average molecular weight is 230 g/mol. The predicted molar refractivity (Wildman–Crippen MR) is 70.8 cm³/mol. The second kappa shape index (κ2) is 8.97. The fraction of sp³-hybridized carbons (Fsp3) is 1.00. The minimum atomic E-state index is -0.167. The van der Waals surface area contributed by atoms with Crippen LogP contribution < -0.4 is 0 Å². The van der Waals surface area contributed by atoms with E-state index in [1.54, 1.807) is 0 Å². The molecule has 0 radical (unpaired) electrons. The van der Waals surface area contributed by atoms with E-state index < -0.39 is 0 Å². The molecule has 0 heterocycles. The smallest absolute Gasteiger partial charge is 0.0695 e. The Morgan fingerprint density at radius 2 is 1.69 bits per heavy atom. The second-order valence-corrected chi connectivity index (χ2v) is 4.97. The molecule has 0 spiro atoms. The topological polar surface area (TPSA) is 26.7 Å². The molecule has 16 heavy (non-hydrogen) atoms. The molecule has 0 aliphatic rings. The van der Waals surface area contributed by atoms with E-state index in [1.165, 1.54) is 6.42 Å². The maximum atomic E-state index is 10.0. The van der Waals surface area contributed by atoms with Gasteiger partial charge in [0.15, 0.2) is 0 Å². The molecule has 0 aromatic rings. The number of aliphatic hydroxyl groups is 1. The molecule has 0 fully saturated rings. The summed E-state index contributed by atoms with van der Waals surface area (Å²) in [5.41, 5.74) is 0. The van der Waals surface area contributed by atoms with Crippen molar-refractivity contribution in [2.24, 2.45) is 0 Å². The normalized spacial score (nSPS) is 15.8. The Morgan fingerprint density at radius 1 is 1.06 bits per heavy atom. The van der Waals surface area contributed by atoms with Crippen LogP contribution in [0.25, 0.3) is 0 Å². The fourth-order valence-corrected chi connectivity index (χ4v) is 2.17. The van der Waals surface area contributed by atoms with Crippen molar-refractivity contribution >= 4 is 0 Å². The number of nitrogens with zero attached hydrogens (tertiary/aromatic N) is 2. The first-order valence-corrected chi connectivity index (χ1v) is 6.55. The van der Waals surface area contributed by atoms with Crippen molar-refractivity contribution < 1.29 is 5.11 Å². The highest BCUT2D eigenvalue weighted by atomic mass is 16.3. The number of hydrogen-bond donors (Lipinski definition) is 1. The van der Waals surface area contributed by atoms with Crippen LogP contribution in [0.1, 0.15) is 39.5 Å². The van der Waals surface area contributed by atoms with Gasteiger partial charge in [0.05, 0.1) is 6.10 Å². The van der Waals surface area contributed by atoms with Gasteiger partial charge in [0.2, 0.25) is 0 Å². The lowest BCUT2D eigenvalue weighted by Gasteiger charge is -2.31. The molecule has 0 saturated carbocycles. The summed E-state index contributed by atoms with van der Waals surface area (Å²) < 4.78 is 0. The van der Waals surface area contributed by atoms with Crippen molar-refractivity contribution in [3.8, 4) is 0 Å². The highest BCUT2D eigenvalue weighted by Gasteiger charge is 2.20. The van der Waals surface area contributed by atoms with Crippen LogP contribution in [0.2, 0.25) is 0 Å². The van der Waals surface area contributed by atoms with Crippen molar-refractivity contribution in [3.05, 3.63) is 0 Å². The lowest BCUT2D eigenvalue weighted by molar-refractivity contribution is 0.0528. The predicted octanol–water partition coefficient (Wildman–Crippen LogP) is 1.81. The highest BCUT2D eigenvalue weighted by Crippen LogP contribution is 2.12. The van der Waals surface area contributed by atoms with Crippen LogP contribution in [0.4, 0.5) is 0 Å². The van der Waals surface area contributed by atoms with Gasteiger partial charge in [0, 0.05) is 6.04 Å². The standard InChI is InChI=1S/C13H30N2O/c1-6-9-13(16)12(7-2)15(5)11-8-10-14(3)4/h12-13,16H,6-11H2,1-5H3. The Bertz CT molecular complexity index is 162. The van der Waals surface area contributed by atoms with E-state index >= 15 is 0 Å². The summed E-state index contributed by atoms with van der Waals surface area (Å²) in [6, 6.07) is 0.321. The van der Waals surface area contributed by atoms with Gasteiger partial charge in [-0.15, -0.1) is 0 Å². The van der Waals surface area contributed by atoms with Crippen molar-refractivity contribution in [1.82, 2.24) is 9.80 Å². The summed E-state index contributed by atoms with van der Waals surface area (Å²) >= 11 is 0. The Labute approximate surface area is 101 Å². The molecule has 2 unspecified atom stereocenters. The lowest BCUT2D eigenvalue weighted by atomic mass is 10.0. The van der Waals surface area contributed by atoms with Gasteiger partial charge in [-0.2, -0.15) is 0 Å². The molecule has 2 atom stereocenters. The summed E-state index contributed by atoms with van der Waals surface area (Å²) in [5.74, 6) is 0. The molecule has 1 N–H and O–H groups in total. The SMILES string of the molecule is CCCC(O)C(CC)N(C)CCCN(C)C. The maximum absolute atomic E-state index is 10.0. The third-order valence-corrected chi connectivity index (χ3v) is 3.13. The van der Waals surface area contributed by atoms with E-state index in [0.717, 1.165) is 32.4 Å². The summed E-state index contributed by atoms with van der Waals surface area (Å²) in [7, 11) is 6.33. The maximum Gasteiger partial charge on any atom is 0.0695 e. The zero-order valence-corrected chi connectivity index (χ0v) is 11.7. The number of rotatable bonds is 9. The molecule has 98 valence electrons. The van der Waals surface area contributed by atoms with Crippen LogP contribution in [0.15, 0.2) is 0 Å². The van der Waals surface area contributed by atoms with E-state index in [0.29, 0.717) is 6.04 Å². The Kier molecular flexibility index (Phi) is 8.90. The molecule has 0 aliphatic heterocycles. The van der Waals surface area contributed by atoms with Gasteiger partial charge in [-0.25, -0.2) is 0 Å². The molecule has 3 heteroatoms. The van der Waals surface area contributed by atoms with Gasteiger partial charge < -0.3 is 14.9 Å². The third-order valence-electron chi connectivity index (χ3n) is 3.13. The van der Waals surface area contributed by atoms with Gasteiger partial charge in [-0.3, -0.25) is 0 Å². The Hall–Kier alpha value is -0.120. The number of likely N-dealkylation sites (N-methyl/N-ethyl adjacent to an activating group) is 1. The molecule has 0 aromatic heterocycles. The van der Waals surface area contributed by atoms with Crippen molar-refractivity contribution in [2.45, 2.75) is 51.7 Å². The largest absolute Gasteiger partial charge is 0.391 e. The molecule has 0 aliphatic carbocycles. The Morgan fingerprint density at radius 3 is 2.12 bits per heavy atom. The first-order valence-electron chi connectivity index (χ1n) is 6.55. The number of hydrogen-bond acceptors (Lipinski definition) is 3. The van der Waals surface area contributed by atoms with Gasteiger partial charge in [-0.05, 0) is 53.5 Å². The zero-order valence-electron chi connectivity index (χ0n) is 11.7. The van der Waals surface area contributed by atoms with Crippen molar-refractivity contribution in [1.29, 1.82) is 0 Å². The Balaban J connectivity index is 3.94. The summed E-state index contributed by atoms with van der Waals surface area (Å²) in [5, 5.41) is 10.0. The van der Waals surface area contributed by atoms with Crippen LogP contribution in [0.5, 0.6) is 0 Å². The molecule has 0 saturated heterocycles. The summed E-state index contributed by atoms with van der Waals surface area (Å²) in [6.45, 7) is 6.47. The minimum Gasteiger partial charge on any atom is -0.391 e. The quantitative estimate of drug-likeness (QED) is 0.654. The molecule has 0 rings (SSSR count). The first kappa shape index (κ1) is 15.9. The van der Waals surface area contributed by atoms with E-state index in [1.807, 2.05) is 0 Å². The van der Waals surface area contributed by atoms with Crippen LogP contribution in [0.3, 0.4) is 0 Å². The van der Waals surface area contributed by atoms with E-state index in [4.69, 9.17) is 0 Å². The summed E-state index contributed by atoms with van der Waals surface area (Å²) in [6.07, 6.45) is 4.00. The average Bonchev–Trinajstić information content (AvgIpc) is 2.18. The first-order chi connectivity index (χ1) is 7.52. The van der Waals surface area contributed by atoms with Gasteiger partial charge in [0.25, 0.3) is 0 Å². The zero-order chi connectivity index (χ0) is 12.6. The third kappa shape index (κ3) is 6.46. The lowest BCUT2D eigenvalue weighted by Crippen LogP contribution is -2.41. The van der Waals surface area contributed by atoms with Crippen LogP contribution in [0, 0.1) is 0 Å². The molecular formula is C13H30N2O. The van der Waals surface area contributed by atoms with E-state index in [-0.39, 0.29) is 6.10 Å². The van der Waals surface area contributed by atoms with Crippen LogP contribution in [-0.4, -0.2) is 61.3 Å². The highest BCUT2D eigenvalue weighted by molar-refractivity contribution is 4.75. The number of aliphatic hydroxyl groups excluding tert-OH is 1. The monoisotopic (exact) mass is 230 g/mol. The fourth-order valence-electron chi connectivity index (χ4n) is 2.17. The summed E-state index contributed by atoms with van der Waals surface area (Å²) in [4.78, 5) is 4.51. The van der Waals surface area contributed by atoms with Gasteiger partial charge >= 0.3 is 0 Å². The van der Waals surface area contributed by atoms with Gasteiger partial charge in [0.1, 0.15) is 0 Å². The van der Waals surface area contributed by atoms with Crippen molar-refractivity contribution in [2.75, 3.05) is 34.2 Å². The molecule has 3 nitrogen and oxygen atoms in total. The molecule has 0 bridgehead atoms.